The number of hydrogen-bond donors (Lipinski definition) is 9. The molecule has 1 aliphatic rings. The van der Waals surface area contributed by atoms with Crippen LogP contribution in [0.1, 0.15) is 136 Å². The van der Waals surface area contributed by atoms with Gasteiger partial charge >= 0.3 is 7.82 Å². The van der Waals surface area contributed by atoms with E-state index in [4.69, 9.17) is 9.05 Å². The zero-order chi connectivity index (χ0) is 38.8. The van der Waals surface area contributed by atoms with E-state index in [-0.39, 0.29) is 6.42 Å². The van der Waals surface area contributed by atoms with E-state index in [1.165, 1.54) is 51.0 Å². The lowest BCUT2D eigenvalue weighted by Crippen LogP contribution is -2.64. The quantitative estimate of drug-likeness (QED) is 0.0277. The number of unbranched alkanes of at least 4 members (excludes halogenated alkanes) is 13. The highest BCUT2D eigenvalue weighted by Gasteiger charge is 2.51. The second kappa shape index (κ2) is 28.9. The predicted molar refractivity (Wildman–Crippen MR) is 201 cm³/mol. The summed E-state index contributed by atoms with van der Waals surface area (Å²) in [4.78, 5) is 23.2. The molecule has 8 unspecified atom stereocenters. The van der Waals surface area contributed by atoms with Crippen LogP contribution in [0.2, 0.25) is 0 Å². The number of nitrogens with one attached hydrogen (secondary N) is 1. The average molecular weight is 764 g/mol. The first-order valence-corrected chi connectivity index (χ1v) is 21.0. The summed E-state index contributed by atoms with van der Waals surface area (Å²) in [5, 5.41) is 73.9. The number of phosphoric acid groups is 1. The highest BCUT2D eigenvalue weighted by Crippen LogP contribution is 2.47. The summed E-state index contributed by atoms with van der Waals surface area (Å²) in [7, 11) is -5.14. The highest BCUT2D eigenvalue weighted by atomic mass is 31.2. The van der Waals surface area contributed by atoms with Crippen molar-refractivity contribution in [2.24, 2.45) is 0 Å². The third-order valence-corrected chi connectivity index (χ3v) is 10.2. The molecule has 0 aromatic heterocycles. The summed E-state index contributed by atoms with van der Waals surface area (Å²) in [6.07, 6.45) is 15.7. The first-order chi connectivity index (χ1) is 24.8. The number of aliphatic hydroxyl groups excluding tert-OH is 7. The standard InChI is InChI=1S/C38H70NO12P/c1-3-5-7-9-11-12-13-14-15-16-17-18-20-22-24-26-31(41)30(39-32(42)27-29(40)25-23-21-19-10-8-6-4-2)28-50-52(48,49)51-38-36(46)34(44)33(43)35(45)37(38)47/h13-14,17-18,24,26,29-31,33-38,40-41,43-47H,3-12,15-16,19-23,25,27-28H2,1-2H3,(H,39,42)(H,48,49)/b14-13+,18-17+,26-24+. The Bertz CT molecular complexity index is 1040. The lowest BCUT2D eigenvalue weighted by Gasteiger charge is -2.41. The molecule has 8 atom stereocenters. The Morgan fingerprint density at radius 2 is 1.13 bits per heavy atom. The van der Waals surface area contributed by atoms with Crippen molar-refractivity contribution in [3.05, 3.63) is 36.5 Å². The molecular formula is C38H70NO12P. The van der Waals surface area contributed by atoms with Crippen LogP contribution in [0.5, 0.6) is 0 Å². The summed E-state index contributed by atoms with van der Waals surface area (Å²) in [5.41, 5.74) is 0. The number of phosphoric ester groups is 1. The van der Waals surface area contributed by atoms with E-state index in [0.717, 1.165) is 51.4 Å². The van der Waals surface area contributed by atoms with E-state index in [9.17, 15) is 50.0 Å². The van der Waals surface area contributed by atoms with Crippen molar-refractivity contribution in [3.8, 4) is 0 Å². The summed E-state index contributed by atoms with van der Waals surface area (Å²) in [5.74, 6) is -0.614. The van der Waals surface area contributed by atoms with E-state index in [0.29, 0.717) is 19.3 Å². The molecule has 1 fully saturated rings. The highest BCUT2D eigenvalue weighted by molar-refractivity contribution is 7.47. The normalized spacial score (nSPS) is 25.5. The molecule has 0 radical (unpaired) electrons. The zero-order valence-corrected chi connectivity index (χ0v) is 32.4. The molecular weight excluding hydrogens is 693 g/mol. The third-order valence-electron chi connectivity index (χ3n) is 9.21. The fourth-order valence-electron chi connectivity index (χ4n) is 5.92. The van der Waals surface area contributed by atoms with Crippen molar-refractivity contribution in [2.75, 3.05) is 6.61 Å². The third kappa shape index (κ3) is 21.4. The molecule has 1 aliphatic carbocycles. The van der Waals surface area contributed by atoms with Gasteiger partial charge in [0.25, 0.3) is 0 Å². The summed E-state index contributed by atoms with van der Waals surface area (Å²) >= 11 is 0. The minimum Gasteiger partial charge on any atom is -0.393 e. The maximum absolute atomic E-state index is 12.8. The summed E-state index contributed by atoms with van der Waals surface area (Å²) in [6, 6.07) is -1.26. The molecule has 14 heteroatoms. The molecule has 0 aliphatic heterocycles. The Balaban J connectivity index is 2.70. The fraction of sp³-hybridized carbons (Fsp3) is 0.816. The van der Waals surface area contributed by atoms with Crippen molar-refractivity contribution < 1.29 is 59.0 Å². The molecule has 0 heterocycles. The van der Waals surface area contributed by atoms with Gasteiger partial charge in [-0.3, -0.25) is 13.8 Å². The Morgan fingerprint density at radius 1 is 0.673 bits per heavy atom. The van der Waals surface area contributed by atoms with Gasteiger partial charge in [-0.1, -0.05) is 121 Å². The maximum Gasteiger partial charge on any atom is 0.472 e. The van der Waals surface area contributed by atoms with Gasteiger partial charge in [0.1, 0.15) is 36.6 Å². The molecule has 0 saturated heterocycles. The molecule has 304 valence electrons. The van der Waals surface area contributed by atoms with Crippen LogP contribution in [0.25, 0.3) is 0 Å². The summed E-state index contributed by atoms with van der Waals surface area (Å²) < 4.78 is 22.7. The van der Waals surface area contributed by atoms with Gasteiger partial charge in [-0.25, -0.2) is 4.57 Å². The van der Waals surface area contributed by atoms with Crippen LogP contribution in [0.3, 0.4) is 0 Å². The first-order valence-electron chi connectivity index (χ1n) is 19.5. The van der Waals surface area contributed by atoms with Crippen LogP contribution < -0.4 is 5.32 Å². The van der Waals surface area contributed by atoms with E-state index in [1.54, 1.807) is 6.08 Å². The Labute approximate surface area is 311 Å². The number of amides is 1. The topological polar surface area (TPSA) is 226 Å². The number of carbonyl (C=O) groups excluding carboxylic acids is 1. The van der Waals surface area contributed by atoms with E-state index in [1.807, 2.05) is 6.08 Å². The molecule has 0 aromatic rings. The smallest absolute Gasteiger partial charge is 0.393 e. The van der Waals surface area contributed by atoms with Crippen molar-refractivity contribution in [2.45, 2.75) is 191 Å². The number of allylic oxidation sites excluding steroid dienone is 5. The SMILES string of the molecule is CCCCCCC/C=C/CC/C=C/CC/C=C/C(O)C(COP(=O)(O)OC1C(O)C(O)C(O)C(O)C1O)NC(=O)CC(O)CCCCCCCCC. The van der Waals surface area contributed by atoms with Crippen molar-refractivity contribution >= 4 is 13.7 Å². The maximum atomic E-state index is 12.8. The molecule has 1 rings (SSSR count). The molecule has 9 N–H and O–H groups in total. The monoisotopic (exact) mass is 763 g/mol. The van der Waals surface area contributed by atoms with Gasteiger partial charge < -0.3 is 46.0 Å². The Morgan fingerprint density at radius 3 is 1.69 bits per heavy atom. The van der Waals surface area contributed by atoms with Gasteiger partial charge in [0.05, 0.1) is 31.3 Å². The molecule has 0 aromatic carbocycles. The lowest BCUT2D eigenvalue weighted by atomic mass is 9.85. The van der Waals surface area contributed by atoms with Crippen molar-refractivity contribution in [3.63, 3.8) is 0 Å². The van der Waals surface area contributed by atoms with Crippen LogP contribution in [0.15, 0.2) is 36.5 Å². The minimum absolute atomic E-state index is 0.256. The van der Waals surface area contributed by atoms with Crippen LogP contribution in [0, 0.1) is 0 Å². The van der Waals surface area contributed by atoms with Crippen molar-refractivity contribution in [1.82, 2.24) is 5.32 Å². The Hall–Kier alpha value is -1.48. The van der Waals surface area contributed by atoms with Gasteiger partial charge in [-0.2, -0.15) is 0 Å². The Kier molecular flexibility index (Phi) is 27.0. The van der Waals surface area contributed by atoms with Crippen molar-refractivity contribution in [1.29, 1.82) is 0 Å². The molecule has 1 saturated carbocycles. The number of hydrogen-bond acceptors (Lipinski definition) is 11. The lowest BCUT2D eigenvalue weighted by molar-refractivity contribution is -0.220. The minimum atomic E-state index is -5.14. The van der Waals surface area contributed by atoms with Crippen LogP contribution in [0.4, 0.5) is 0 Å². The number of aliphatic hydroxyl groups is 7. The second-order valence-corrected chi connectivity index (χ2v) is 15.4. The van der Waals surface area contributed by atoms with Crippen LogP contribution in [-0.2, 0) is 18.4 Å². The fourth-order valence-corrected chi connectivity index (χ4v) is 6.88. The first kappa shape index (κ1) is 48.5. The average Bonchev–Trinajstić information content (AvgIpc) is 3.11. The van der Waals surface area contributed by atoms with E-state index >= 15 is 0 Å². The van der Waals surface area contributed by atoms with Crippen LogP contribution in [-0.4, -0.2) is 108 Å². The predicted octanol–water partition coefficient (Wildman–Crippen LogP) is 4.63. The largest absolute Gasteiger partial charge is 0.472 e. The van der Waals surface area contributed by atoms with Gasteiger partial charge in [0, 0.05) is 0 Å². The van der Waals surface area contributed by atoms with Gasteiger partial charge in [-0.05, 0) is 44.9 Å². The molecule has 1 amide bonds. The van der Waals surface area contributed by atoms with E-state index < -0.39 is 75.2 Å². The van der Waals surface area contributed by atoms with Gasteiger partial charge in [-0.15, -0.1) is 0 Å². The van der Waals surface area contributed by atoms with Gasteiger partial charge in [0.15, 0.2) is 0 Å². The second-order valence-electron chi connectivity index (χ2n) is 13.9. The molecule has 13 nitrogen and oxygen atoms in total. The zero-order valence-electron chi connectivity index (χ0n) is 31.5. The number of carbonyl (C=O) groups is 1. The van der Waals surface area contributed by atoms with E-state index in [2.05, 4.69) is 37.4 Å². The molecule has 52 heavy (non-hydrogen) atoms. The molecule has 0 spiro atoms. The summed E-state index contributed by atoms with van der Waals surface area (Å²) in [6.45, 7) is 3.61. The van der Waals surface area contributed by atoms with Crippen LogP contribution >= 0.6 is 7.82 Å². The van der Waals surface area contributed by atoms with Gasteiger partial charge in [0.2, 0.25) is 5.91 Å². The molecule has 0 bridgehead atoms. The number of rotatable bonds is 30.